The lowest BCUT2D eigenvalue weighted by Crippen LogP contribution is -2.21. The Bertz CT molecular complexity index is 408. The maximum absolute atomic E-state index is 11.9. The summed E-state index contributed by atoms with van der Waals surface area (Å²) in [7, 11) is 0. The molecule has 1 saturated carbocycles. The van der Waals surface area contributed by atoms with Crippen molar-refractivity contribution in [3.8, 4) is 0 Å². The van der Waals surface area contributed by atoms with Crippen molar-refractivity contribution in [2.75, 3.05) is 0 Å². The highest BCUT2D eigenvalue weighted by Crippen LogP contribution is 2.34. The standard InChI is InChI=1S/C17H25NO2/c1-13(2)16-7-5-14(6-8-16)10-17(19)20-12-15-4-3-9-18-11-15/h3-4,9,11,13-14,16H,5-8,10,12H2,1-2H3. The SMILES string of the molecule is CC(C)C1CCC(CC(=O)OCc2cccnc2)CC1. The summed E-state index contributed by atoms with van der Waals surface area (Å²) >= 11 is 0. The van der Waals surface area contributed by atoms with Gasteiger partial charge in [-0.2, -0.15) is 0 Å². The molecule has 1 heterocycles. The van der Waals surface area contributed by atoms with Crippen LogP contribution in [0.3, 0.4) is 0 Å². The Hall–Kier alpha value is -1.38. The van der Waals surface area contributed by atoms with Gasteiger partial charge in [0.25, 0.3) is 0 Å². The van der Waals surface area contributed by atoms with Gasteiger partial charge >= 0.3 is 5.97 Å². The molecule has 3 nitrogen and oxygen atoms in total. The molecule has 1 fully saturated rings. The molecule has 0 bridgehead atoms. The number of hydrogen-bond acceptors (Lipinski definition) is 3. The molecule has 3 heteroatoms. The maximum Gasteiger partial charge on any atom is 0.306 e. The van der Waals surface area contributed by atoms with Gasteiger partial charge in [-0.1, -0.05) is 19.9 Å². The van der Waals surface area contributed by atoms with Crippen molar-refractivity contribution >= 4 is 5.97 Å². The number of carbonyl (C=O) groups excluding carboxylic acids is 1. The highest BCUT2D eigenvalue weighted by Gasteiger charge is 2.25. The third kappa shape index (κ3) is 4.62. The first-order valence-corrected chi connectivity index (χ1v) is 7.69. The maximum atomic E-state index is 11.9. The van der Waals surface area contributed by atoms with Gasteiger partial charge in [0.2, 0.25) is 0 Å². The number of pyridine rings is 1. The monoisotopic (exact) mass is 275 g/mol. The lowest BCUT2D eigenvalue weighted by Gasteiger charge is -2.30. The van der Waals surface area contributed by atoms with Crippen LogP contribution >= 0.6 is 0 Å². The quantitative estimate of drug-likeness (QED) is 0.763. The van der Waals surface area contributed by atoms with Crippen LogP contribution in [0, 0.1) is 17.8 Å². The molecular formula is C17H25NO2. The van der Waals surface area contributed by atoms with Crippen LogP contribution in [0.15, 0.2) is 24.5 Å². The molecule has 0 atom stereocenters. The highest BCUT2D eigenvalue weighted by molar-refractivity contribution is 5.69. The van der Waals surface area contributed by atoms with Crippen molar-refractivity contribution in [2.45, 2.75) is 52.6 Å². The van der Waals surface area contributed by atoms with Gasteiger partial charge < -0.3 is 4.74 Å². The third-order valence-corrected chi connectivity index (χ3v) is 4.41. The van der Waals surface area contributed by atoms with Crippen molar-refractivity contribution in [3.05, 3.63) is 30.1 Å². The molecule has 0 unspecified atom stereocenters. The van der Waals surface area contributed by atoms with Gasteiger partial charge in [-0.25, -0.2) is 0 Å². The van der Waals surface area contributed by atoms with Crippen molar-refractivity contribution in [3.63, 3.8) is 0 Å². The van der Waals surface area contributed by atoms with E-state index in [0.29, 0.717) is 18.9 Å². The van der Waals surface area contributed by atoms with E-state index in [9.17, 15) is 4.79 Å². The minimum Gasteiger partial charge on any atom is -0.461 e. The van der Waals surface area contributed by atoms with E-state index < -0.39 is 0 Å². The second-order valence-electron chi connectivity index (χ2n) is 6.25. The van der Waals surface area contributed by atoms with Crippen LogP contribution in [0.25, 0.3) is 0 Å². The molecule has 0 amide bonds. The Morgan fingerprint density at radius 2 is 2.10 bits per heavy atom. The number of aromatic nitrogens is 1. The first kappa shape index (κ1) is 15.0. The van der Waals surface area contributed by atoms with E-state index in [1.54, 1.807) is 12.4 Å². The van der Waals surface area contributed by atoms with Gasteiger partial charge in [0.05, 0.1) is 0 Å². The minimum absolute atomic E-state index is 0.0677. The molecule has 0 spiro atoms. The molecule has 20 heavy (non-hydrogen) atoms. The van der Waals surface area contributed by atoms with Crippen LogP contribution in [0.5, 0.6) is 0 Å². The van der Waals surface area contributed by atoms with Crippen LogP contribution in [0.1, 0.15) is 51.5 Å². The van der Waals surface area contributed by atoms with E-state index in [-0.39, 0.29) is 5.97 Å². The molecule has 1 aromatic rings. The van der Waals surface area contributed by atoms with E-state index in [0.717, 1.165) is 17.4 Å². The molecule has 1 aliphatic carbocycles. The van der Waals surface area contributed by atoms with Gasteiger partial charge in [-0.15, -0.1) is 0 Å². The lowest BCUT2D eigenvalue weighted by atomic mass is 9.76. The average molecular weight is 275 g/mol. The second kappa shape index (κ2) is 7.41. The van der Waals surface area contributed by atoms with Crippen LogP contribution in [-0.2, 0) is 16.1 Å². The molecule has 0 aromatic carbocycles. The van der Waals surface area contributed by atoms with E-state index >= 15 is 0 Å². The summed E-state index contributed by atoms with van der Waals surface area (Å²) in [6.45, 7) is 4.94. The zero-order valence-corrected chi connectivity index (χ0v) is 12.5. The number of nitrogens with zero attached hydrogens (tertiary/aromatic N) is 1. The molecule has 0 aliphatic heterocycles. The van der Waals surface area contributed by atoms with Crippen LogP contribution in [0.4, 0.5) is 0 Å². The summed E-state index contributed by atoms with van der Waals surface area (Å²) < 4.78 is 5.33. The first-order valence-electron chi connectivity index (χ1n) is 7.69. The van der Waals surface area contributed by atoms with E-state index in [2.05, 4.69) is 18.8 Å². The van der Waals surface area contributed by atoms with E-state index in [1.807, 2.05) is 12.1 Å². The van der Waals surface area contributed by atoms with Crippen molar-refractivity contribution in [1.82, 2.24) is 4.98 Å². The lowest BCUT2D eigenvalue weighted by molar-refractivity contribution is -0.146. The molecule has 1 aliphatic rings. The molecular weight excluding hydrogens is 250 g/mol. The minimum atomic E-state index is -0.0677. The summed E-state index contributed by atoms with van der Waals surface area (Å²) in [6.07, 6.45) is 8.90. The van der Waals surface area contributed by atoms with Crippen molar-refractivity contribution in [1.29, 1.82) is 0 Å². The number of esters is 1. The molecule has 0 saturated heterocycles. The number of carbonyl (C=O) groups is 1. The van der Waals surface area contributed by atoms with Crippen molar-refractivity contribution < 1.29 is 9.53 Å². The summed E-state index contributed by atoms with van der Waals surface area (Å²) in [5, 5.41) is 0. The Kier molecular flexibility index (Phi) is 5.57. The van der Waals surface area contributed by atoms with Crippen LogP contribution < -0.4 is 0 Å². The predicted molar refractivity (Wildman–Crippen MR) is 78.9 cm³/mol. The van der Waals surface area contributed by atoms with Crippen LogP contribution in [0.2, 0.25) is 0 Å². The summed E-state index contributed by atoms with van der Waals surface area (Å²) in [5.41, 5.74) is 0.948. The third-order valence-electron chi connectivity index (χ3n) is 4.41. The van der Waals surface area contributed by atoms with Gasteiger partial charge in [0, 0.05) is 24.4 Å². The molecule has 110 valence electrons. The zero-order chi connectivity index (χ0) is 14.4. The fraction of sp³-hybridized carbons (Fsp3) is 0.647. The molecule has 2 rings (SSSR count). The van der Waals surface area contributed by atoms with Gasteiger partial charge in [-0.05, 0) is 49.5 Å². The topological polar surface area (TPSA) is 39.2 Å². The van der Waals surface area contributed by atoms with Gasteiger partial charge in [-0.3, -0.25) is 9.78 Å². The second-order valence-corrected chi connectivity index (χ2v) is 6.25. The smallest absolute Gasteiger partial charge is 0.306 e. The van der Waals surface area contributed by atoms with Crippen molar-refractivity contribution in [2.24, 2.45) is 17.8 Å². The first-order chi connectivity index (χ1) is 9.65. The Balaban J connectivity index is 1.68. The largest absolute Gasteiger partial charge is 0.461 e. The number of rotatable bonds is 5. The summed E-state index contributed by atoms with van der Waals surface area (Å²) in [6, 6.07) is 3.78. The van der Waals surface area contributed by atoms with Crippen LogP contribution in [-0.4, -0.2) is 11.0 Å². The Morgan fingerprint density at radius 1 is 1.35 bits per heavy atom. The fourth-order valence-corrected chi connectivity index (χ4v) is 3.00. The summed E-state index contributed by atoms with van der Waals surface area (Å²) in [4.78, 5) is 15.9. The average Bonchev–Trinajstić information content (AvgIpc) is 2.47. The molecule has 1 aromatic heterocycles. The Morgan fingerprint density at radius 3 is 2.70 bits per heavy atom. The van der Waals surface area contributed by atoms with E-state index in [4.69, 9.17) is 4.74 Å². The number of hydrogen-bond donors (Lipinski definition) is 0. The summed E-state index contributed by atoms with van der Waals surface area (Å²) in [5.74, 6) is 2.07. The van der Waals surface area contributed by atoms with Gasteiger partial charge in [0.1, 0.15) is 6.61 Å². The van der Waals surface area contributed by atoms with E-state index in [1.165, 1.54) is 25.7 Å². The van der Waals surface area contributed by atoms with Gasteiger partial charge in [0.15, 0.2) is 0 Å². The molecule has 0 radical (unpaired) electrons. The predicted octanol–water partition coefficient (Wildman–Crippen LogP) is 3.98. The number of ether oxygens (including phenoxy) is 1. The Labute approximate surface area is 121 Å². The normalized spacial score (nSPS) is 22.8. The highest BCUT2D eigenvalue weighted by atomic mass is 16.5. The fourth-order valence-electron chi connectivity index (χ4n) is 3.00. The zero-order valence-electron chi connectivity index (χ0n) is 12.5. The molecule has 0 N–H and O–H groups in total.